The van der Waals surface area contributed by atoms with Crippen LogP contribution in [0.25, 0.3) is 0 Å². The fourth-order valence-electron chi connectivity index (χ4n) is 2.99. The predicted octanol–water partition coefficient (Wildman–Crippen LogP) is 0.430. The van der Waals surface area contributed by atoms with Gasteiger partial charge >= 0.3 is 0 Å². The van der Waals surface area contributed by atoms with Crippen LogP contribution in [-0.4, -0.2) is 73.8 Å². The number of aryl methyl sites for hydroxylation is 1. The quantitative estimate of drug-likeness (QED) is 0.764. The lowest BCUT2D eigenvalue weighted by Gasteiger charge is -2.35. The third-order valence-electron chi connectivity index (χ3n) is 4.76. The molecular formula is C18H22FN5O4S. The molecule has 2 heterocycles. The number of hydrogen-bond donors (Lipinski definition) is 1. The Bertz CT molecular complexity index is 1070. The fourth-order valence-corrected chi connectivity index (χ4v) is 3.89. The van der Waals surface area contributed by atoms with Crippen molar-refractivity contribution in [2.24, 2.45) is 0 Å². The number of H-pyrrole nitrogens is 1. The third kappa shape index (κ3) is 4.15. The van der Waals surface area contributed by atoms with Crippen LogP contribution in [0.15, 0.2) is 34.0 Å². The van der Waals surface area contributed by atoms with Gasteiger partial charge in [-0.2, -0.15) is 4.39 Å². The van der Waals surface area contributed by atoms with Gasteiger partial charge < -0.3 is 9.80 Å². The van der Waals surface area contributed by atoms with Crippen LogP contribution in [0.2, 0.25) is 0 Å². The van der Waals surface area contributed by atoms with Crippen LogP contribution < -0.4 is 10.5 Å². The highest BCUT2D eigenvalue weighted by molar-refractivity contribution is 7.89. The smallest absolute Gasteiger partial charge is 0.288 e. The van der Waals surface area contributed by atoms with Gasteiger partial charge in [0.05, 0.1) is 10.6 Å². The summed E-state index contributed by atoms with van der Waals surface area (Å²) in [6.07, 6.45) is 0. The number of rotatable bonds is 4. The van der Waals surface area contributed by atoms with Crippen molar-refractivity contribution in [2.75, 3.05) is 45.2 Å². The Morgan fingerprint density at radius 3 is 2.24 bits per heavy atom. The fraction of sp³-hybridized carbons (Fsp3) is 0.389. The summed E-state index contributed by atoms with van der Waals surface area (Å²) in [5.41, 5.74) is -0.408. The minimum absolute atomic E-state index is 0.0232. The molecule has 0 atom stereocenters. The van der Waals surface area contributed by atoms with E-state index in [2.05, 4.69) is 9.97 Å². The number of halogens is 1. The first-order chi connectivity index (χ1) is 13.6. The molecule has 29 heavy (non-hydrogen) atoms. The van der Waals surface area contributed by atoms with Crippen molar-refractivity contribution in [1.29, 1.82) is 0 Å². The Morgan fingerprint density at radius 1 is 1.14 bits per heavy atom. The summed E-state index contributed by atoms with van der Waals surface area (Å²) in [6.45, 7) is 3.04. The van der Waals surface area contributed by atoms with Crippen LogP contribution in [-0.2, 0) is 10.0 Å². The van der Waals surface area contributed by atoms with Crippen molar-refractivity contribution in [1.82, 2.24) is 19.2 Å². The van der Waals surface area contributed by atoms with E-state index in [1.54, 1.807) is 9.80 Å². The molecule has 1 aromatic carbocycles. The summed E-state index contributed by atoms with van der Waals surface area (Å²) in [6, 6.07) is 5.81. The maximum Gasteiger partial charge on any atom is 0.288 e. The number of amides is 1. The molecule has 1 saturated heterocycles. The first-order valence-electron chi connectivity index (χ1n) is 8.94. The van der Waals surface area contributed by atoms with E-state index >= 15 is 0 Å². The molecule has 1 fully saturated rings. The number of anilines is 1. The van der Waals surface area contributed by atoms with Crippen LogP contribution in [0, 0.1) is 12.7 Å². The first kappa shape index (κ1) is 20.9. The van der Waals surface area contributed by atoms with E-state index in [4.69, 9.17) is 0 Å². The molecule has 2 aromatic rings. The van der Waals surface area contributed by atoms with Crippen molar-refractivity contribution >= 4 is 21.9 Å². The molecule has 0 aliphatic carbocycles. The number of aromatic amines is 1. The largest absolute Gasteiger partial charge is 0.339 e. The van der Waals surface area contributed by atoms with Gasteiger partial charge in [-0.15, -0.1) is 0 Å². The van der Waals surface area contributed by atoms with Gasteiger partial charge in [0.15, 0.2) is 0 Å². The van der Waals surface area contributed by atoms with E-state index in [9.17, 15) is 22.4 Å². The Morgan fingerprint density at radius 2 is 1.72 bits per heavy atom. The molecule has 1 aliphatic rings. The van der Waals surface area contributed by atoms with E-state index in [-0.39, 0.29) is 22.4 Å². The van der Waals surface area contributed by atoms with Crippen LogP contribution in [0.4, 0.5) is 10.3 Å². The summed E-state index contributed by atoms with van der Waals surface area (Å²) in [5, 5.41) is 0. The number of carbonyl (C=O) groups excluding carboxylic acids is 1. The Labute approximate surface area is 167 Å². The lowest BCUT2D eigenvalue weighted by atomic mass is 10.2. The summed E-state index contributed by atoms with van der Waals surface area (Å²) in [5.74, 6) is -0.836. The van der Waals surface area contributed by atoms with Gasteiger partial charge in [-0.25, -0.2) is 17.7 Å². The average molecular weight is 423 g/mol. The summed E-state index contributed by atoms with van der Waals surface area (Å²) < 4.78 is 38.8. The zero-order valence-corrected chi connectivity index (χ0v) is 17.2. The molecule has 0 saturated carbocycles. The number of carbonyl (C=O) groups is 1. The molecule has 3 rings (SSSR count). The molecule has 0 unspecified atom stereocenters. The SMILES string of the molecule is Cc1nc(N2CCN(C(=O)c3ccc(S(=O)(=O)N(C)C)cc3)CC2)[nH]c(=O)c1F. The van der Waals surface area contributed by atoms with E-state index in [1.165, 1.54) is 45.3 Å². The lowest BCUT2D eigenvalue weighted by Crippen LogP contribution is -2.49. The van der Waals surface area contributed by atoms with Crippen molar-refractivity contribution in [3.63, 3.8) is 0 Å². The molecule has 0 radical (unpaired) electrons. The first-order valence-corrected chi connectivity index (χ1v) is 10.4. The predicted molar refractivity (Wildman–Crippen MR) is 105 cm³/mol. The molecule has 156 valence electrons. The normalized spacial score (nSPS) is 15.1. The number of piperazine rings is 1. The molecule has 1 amide bonds. The zero-order valence-electron chi connectivity index (χ0n) is 16.3. The number of nitrogens with zero attached hydrogens (tertiary/aromatic N) is 4. The number of sulfonamides is 1. The number of aromatic nitrogens is 2. The van der Waals surface area contributed by atoms with Gasteiger partial charge in [-0.3, -0.25) is 14.6 Å². The number of benzene rings is 1. The van der Waals surface area contributed by atoms with Gasteiger partial charge in [-0.1, -0.05) is 0 Å². The van der Waals surface area contributed by atoms with Gasteiger partial charge in [0.1, 0.15) is 0 Å². The van der Waals surface area contributed by atoms with Gasteiger partial charge in [-0.05, 0) is 31.2 Å². The zero-order chi connectivity index (χ0) is 21.3. The lowest BCUT2D eigenvalue weighted by molar-refractivity contribution is 0.0746. The standard InChI is InChI=1S/C18H22FN5O4S/c1-12-15(19)16(25)21-18(20-12)24-10-8-23(9-11-24)17(26)13-4-6-14(7-5-13)29(27,28)22(2)3/h4-7H,8-11H2,1-3H3,(H,20,21,25). The van der Waals surface area contributed by atoms with Gasteiger partial charge in [0.25, 0.3) is 11.5 Å². The molecule has 1 N–H and O–H groups in total. The summed E-state index contributed by atoms with van der Waals surface area (Å²) >= 11 is 0. The molecule has 11 heteroatoms. The molecule has 1 aromatic heterocycles. The van der Waals surface area contributed by atoms with E-state index in [0.29, 0.717) is 31.7 Å². The number of hydrogen-bond acceptors (Lipinski definition) is 6. The summed E-state index contributed by atoms with van der Waals surface area (Å²) in [4.78, 5) is 34.3. The molecule has 0 spiro atoms. The number of nitrogens with one attached hydrogen (secondary N) is 1. The van der Waals surface area contributed by atoms with Crippen molar-refractivity contribution in [3.05, 3.63) is 51.7 Å². The topological polar surface area (TPSA) is 107 Å². The van der Waals surface area contributed by atoms with Gasteiger partial charge in [0.2, 0.25) is 21.8 Å². The van der Waals surface area contributed by atoms with Crippen molar-refractivity contribution in [2.45, 2.75) is 11.8 Å². The average Bonchev–Trinajstić information content (AvgIpc) is 2.71. The van der Waals surface area contributed by atoms with E-state index in [0.717, 1.165) is 4.31 Å². The van der Waals surface area contributed by atoms with Crippen molar-refractivity contribution in [3.8, 4) is 0 Å². The Hall–Kier alpha value is -2.79. The second-order valence-corrected chi connectivity index (χ2v) is 9.03. The molecule has 0 bridgehead atoms. The maximum absolute atomic E-state index is 13.5. The summed E-state index contributed by atoms with van der Waals surface area (Å²) in [7, 11) is -0.667. The second-order valence-electron chi connectivity index (χ2n) is 6.88. The van der Waals surface area contributed by atoms with Crippen LogP contribution in [0.1, 0.15) is 16.1 Å². The van der Waals surface area contributed by atoms with E-state index in [1.807, 2.05) is 0 Å². The highest BCUT2D eigenvalue weighted by Gasteiger charge is 2.25. The third-order valence-corrected chi connectivity index (χ3v) is 6.59. The highest BCUT2D eigenvalue weighted by atomic mass is 32.2. The van der Waals surface area contributed by atoms with Crippen LogP contribution in [0.3, 0.4) is 0 Å². The van der Waals surface area contributed by atoms with Gasteiger partial charge in [0, 0.05) is 45.8 Å². The monoisotopic (exact) mass is 423 g/mol. The molecule has 9 nitrogen and oxygen atoms in total. The Kier molecular flexibility index (Phi) is 5.71. The maximum atomic E-state index is 13.5. The molecular weight excluding hydrogens is 401 g/mol. The van der Waals surface area contributed by atoms with Crippen LogP contribution >= 0.6 is 0 Å². The van der Waals surface area contributed by atoms with E-state index < -0.39 is 21.4 Å². The Balaban J connectivity index is 1.68. The van der Waals surface area contributed by atoms with Crippen LogP contribution in [0.5, 0.6) is 0 Å². The minimum atomic E-state index is -3.55. The second kappa shape index (κ2) is 7.91. The molecule has 1 aliphatic heterocycles. The minimum Gasteiger partial charge on any atom is -0.339 e. The highest BCUT2D eigenvalue weighted by Crippen LogP contribution is 2.17. The van der Waals surface area contributed by atoms with Crippen molar-refractivity contribution < 1.29 is 17.6 Å².